The molecule has 0 atom stereocenters. The van der Waals surface area contributed by atoms with Gasteiger partial charge in [0.2, 0.25) is 5.95 Å². The van der Waals surface area contributed by atoms with Crippen molar-refractivity contribution < 1.29 is 9.21 Å². The Balaban J connectivity index is 1.36. The van der Waals surface area contributed by atoms with E-state index in [0.717, 1.165) is 29.8 Å². The van der Waals surface area contributed by atoms with Crippen molar-refractivity contribution in [3.05, 3.63) is 72.1 Å². The molecule has 0 aliphatic heterocycles. The molecule has 9 heteroatoms. The maximum atomic E-state index is 12.8. The molecule has 0 spiro atoms. The van der Waals surface area contributed by atoms with Gasteiger partial charge in [0.05, 0.1) is 11.7 Å². The molecule has 0 bridgehead atoms. The number of oxazole rings is 1. The number of nitrogens with zero attached hydrogens (tertiary/aromatic N) is 5. The summed E-state index contributed by atoms with van der Waals surface area (Å²) in [5.74, 6) is 0.828. The molecule has 1 aliphatic rings. The smallest absolute Gasteiger partial charge is 0.307 e. The Morgan fingerprint density at radius 1 is 1.16 bits per heavy atom. The molecule has 9 nitrogen and oxygen atoms in total. The van der Waals surface area contributed by atoms with Gasteiger partial charge < -0.3 is 15.1 Å². The number of amides is 1. The van der Waals surface area contributed by atoms with Gasteiger partial charge in [-0.2, -0.15) is 5.10 Å². The summed E-state index contributed by atoms with van der Waals surface area (Å²) in [5, 5.41) is 10.3. The van der Waals surface area contributed by atoms with Crippen LogP contribution in [0.2, 0.25) is 0 Å². The number of carbonyl (C=O) groups excluding carboxylic acids is 1. The molecule has 1 saturated carbocycles. The van der Waals surface area contributed by atoms with Crippen molar-refractivity contribution in [3.63, 3.8) is 0 Å². The van der Waals surface area contributed by atoms with E-state index >= 15 is 0 Å². The molecule has 5 rings (SSSR count). The minimum atomic E-state index is -0.340. The lowest BCUT2D eigenvalue weighted by Gasteiger charge is -2.16. The van der Waals surface area contributed by atoms with Crippen molar-refractivity contribution in [3.8, 4) is 11.4 Å². The second kappa shape index (κ2) is 7.35. The van der Waals surface area contributed by atoms with E-state index in [2.05, 4.69) is 30.7 Å². The van der Waals surface area contributed by atoms with Crippen molar-refractivity contribution in [1.29, 1.82) is 0 Å². The second-order valence-corrected chi connectivity index (χ2v) is 7.63. The predicted octanol–water partition coefficient (Wildman–Crippen LogP) is 3.34. The number of hydrogen-bond acceptors (Lipinski definition) is 7. The normalized spacial score (nSPS) is 14.3. The standard InChI is InChI=1S/C22H21N7O2/c1-14-12-23-21(26-17-8-11-24-29(17)2)27-18(14)16-13-31-20(25-16)19(30)28-22(9-10-22)15-6-4-3-5-7-15/h3-8,11-13H,9-10H2,1-2H3,(H,28,30)(H,23,26,27). The fraction of sp³-hybridized carbons (Fsp3) is 0.227. The Bertz CT molecular complexity index is 1240. The summed E-state index contributed by atoms with van der Waals surface area (Å²) in [7, 11) is 1.82. The van der Waals surface area contributed by atoms with Crippen molar-refractivity contribution in [2.45, 2.75) is 25.3 Å². The average Bonchev–Trinajstić information content (AvgIpc) is 3.19. The third kappa shape index (κ3) is 3.65. The van der Waals surface area contributed by atoms with E-state index in [1.165, 1.54) is 6.26 Å². The number of carbonyl (C=O) groups is 1. The maximum Gasteiger partial charge on any atom is 0.307 e. The highest BCUT2D eigenvalue weighted by atomic mass is 16.4. The van der Waals surface area contributed by atoms with Crippen LogP contribution in [-0.2, 0) is 12.6 Å². The minimum absolute atomic E-state index is 0.0105. The van der Waals surface area contributed by atoms with Gasteiger partial charge in [0.1, 0.15) is 23.5 Å². The fourth-order valence-electron chi connectivity index (χ4n) is 3.50. The number of anilines is 2. The SMILES string of the molecule is Cc1cnc(Nc2ccnn2C)nc1-c1coc(C(=O)NC2(c3ccccc3)CC2)n1. The highest BCUT2D eigenvalue weighted by molar-refractivity contribution is 5.91. The van der Waals surface area contributed by atoms with Crippen LogP contribution in [0, 0.1) is 6.92 Å². The van der Waals surface area contributed by atoms with E-state index in [-0.39, 0.29) is 17.3 Å². The molecule has 1 amide bonds. The van der Waals surface area contributed by atoms with E-state index in [0.29, 0.717) is 17.3 Å². The van der Waals surface area contributed by atoms with E-state index in [4.69, 9.17) is 4.42 Å². The molecule has 0 unspecified atom stereocenters. The predicted molar refractivity (Wildman–Crippen MR) is 114 cm³/mol. The minimum Gasteiger partial charge on any atom is -0.440 e. The van der Waals surface area contributed by atoms with Crippen LogP contribution < -0.4 is 10.6 Å². The van der Waals surface area contributed by atoms with Crippen LogP contribution in [0.3, 0.4) is 0 Å². The van der Waals surface area contributed by atoms with E-state index in [1.807, 2.05) is 50.4 Å². The van der Waals surface area contributed by atoms with Crippen LogP contribution in [0.4, 0.5) is 11.8 Å². The van der Waals surface area contributed by atoms with Crippen molar-refractivity contribution in [2.75, 3.05) is 5.32 Å². The van der Waals surface area contributed by atoms with Crippen LogP contribution in [0.5, 0.6) is 0 Å². The van der Waals surface area contributed by atoms with Crippen LogP contribution in [-0.4, -0.2) is 30.6 Å². The molecule has 156 valence electrons. The lowest BCUT2D eigenvalue weighted by atomic mass is 10.1. The maximum absolute atomic E-state index is 12.8. The van der Waals surface area contributed by atoms with Gasteiger partial charge in [0.15, 0.2) is 0 Å². The lowest BCUT2D eigenvalue weighted by Crippen LogP contribution is -2.35. The highest BCUT2D eigenvalue weighted by Crippen LogP contribution is 2.45. The van der Waals surface area contributed by atoms with Crippen LogP contribution in [0.15, 0.2) is 59.5 Å². The van der Waals surface area contributed by atoms with E-state index in [9.17, 15) is 4.79 Å². The first-order valence-corrected chi connectivity index (χ1v) is 9.97. The van der Waals surface area contributed by atoms with Crippen molar-refractivity contribution in [2.24, 2.45) is 7.05 Å². The molecular weight excluding hydrogens is 394 g/mol. The van der Waals surface area contributed by atoms with Crippen LogP contribution in [0.1, 0.15) is 34.7 Å². The fourth-order valence-corrected chi connectivity index (χ4v) is 3.50. The van der Waals surface area contributed by atoms with E-state index < -0.39 is 0 Å². The van der Waals surface area contributed by atoms with Crippen molar-refractivity contribution >= 4 is 17.7 Å². The number of aromatic nitrogens is 5. The number of nitrogens with one attached hydrogen (secondary N) is 2. The van der Waals surface area contributed by atoms with Gasteiger partial charge >= 0.3 is 5.91 Å². The van der Waals surface area contributed by atoms with E-state index in [1.54, 1.807) is 17.1 Å². The first-order chi connectivity index (χ1) is 15.0. The van der Waals surface area contributed by atoms with Gasteiger partial charge in [-0.1, -0.05) is 30.3 Å². The Morgan fingerprint density at radius 2 is 1.97 bits per heavy atom. The molecule has 4 aromatic rings. The topological polar surface area (TPSA) is 111 Å². The number of benzene rings is 1. The Morgan fingerprint density at radius 3 is 2.68 bits per heavy atom. The molecule has 3 heterocycles. The summed E-state index contributed by atoms with van der Waals surface area (Å²) in [5.41, 5.74) is 2.64. The number of hydrogen-bond donors (Lipinski definition) is 2. The van der Waals surface area contributed by atoms with Crippen molar-refractivity contribution in [1.82, 2.24) is 30.0 Å². The van der Waals surface area contributed by atoms with Gasteiger partial charge in [-0.3, -0.25) is 9.48 Å². The molecule has 0 saturated heterocycles. The molecule has 1 fully saturated rings. The third-order valence-corrected chi connectivity index (χ3v) is 5.40. The zero-order chi connectivity index (χ0) is 21.4. The van der Waals surface area contributed by atoms with Crippen LogP contribution >= 0.6 is 0 Å². The summed E-state index contributed by atoms with van der Waals surface area (Å²) < 4.78 is 7.17. The monoisotopic (exact) mass is 415 g/mol. The molecule has 1 aliphatic carbocycles. The molecule has 2 N–H and O–H groups in total. The average molecular weight is 415 g/mol. The van der Waals surface area contributed by atoms with Gasteiger partial charge in [0, 0.05) is 19.3 Å². The molecule has 3 aromatic heterocycles. The summed E-state index contributed by atoms with van der Waals surface area (Å²) >= 11 is 0. The lowest BCUT2D eigenvalue weighted by molar-refractivity contribution is 0.0895. The largest absolute Gasteiger partial charge is 0.440 e. The summed E-state index contributed by atoms with van der Waals surface area (Å²) in [4.78, 5) is 26.0. The second-order valence-electron chi connectivity index (χ2n) is 7.63. The quantitative estimate of drug-likeness (QED) is 0.497. The van der Waals surface area contributed by atoms with Gasteiger partial charge in [-0.05, 0) is 30.9 Å². The molecular formula is C22H21N7O2. The molecule has 31 heavy (non-hydrogen) atoms. The first-order valence-electron chi connectivity index (χ1n) is 9.97. The number of rotatable bonds is 6. The van der Waals surface area contributed by atoms with Gasteiger partial charge in [-0.25, -0.2) is 15.0 Å². The Hall–Kier alpha value is -4.01. The third-order valence-electron chi connectivity index (χ3n) is 5.40. The molecule has 0 radical (unpaired) electrons. The van der Waals surface area contributed by atoms with Gasteiger partial charge in [-0.15, -0.1) is 0 Å². The summed E-state index contributed by atoms with van der Waals surface area (Å²) in [6.45, 7) is 1.88. The Labute approximate surface area is 178 Å². The van der Waals surface area contributed by atoms with Gasteiger partial charge in [0.25, 0.3) is 5.89 Å². The molecule has 1 aromatic carbocycles. The zero-order valence-electron chi connectivity index (χ0n) is 17.2. The highest BCUT2D eigenvalue weighted by Gasteiger charge is 2.46. The summed E-state index contributed by atoms with van der Waals surface area (Å²) in [6, 6.07) is 11.8. The first kappa shape index (κ1) is 19.0. The Kier molecular flexibility index (Phi) is 4.50. The zero-order valence-corrected chi connectivity index (χ0v) is 17.2. The number of aryl methyl sites for hydroxylation is 2. The summed E-state index contributed by atoms with van der Waals surface area (Å²) in [6.07, 6.45) is 6.61. The van der Waals surface area contributed by atoms with Crippen LogP contribution in [0.25, 0.3) is 11.4 Å².